The Hall–Kier alpha value is -1.32. The molecular formula is C11H17NO3. The van der Waals surface area contributed by atoms with Gasteiger partial charge in [-0.05, 0) is 26.2 Å². The van der Waals surface area contributed by atoms with Crippen molar-refractivity contribution in [1.82, 2.24) is 0 Å². The van der Waals surface area contributed by atoms with E-state index in [-0.39, 0.29) is 11.3 Å². The SMILES string of the molecule is COC(=O)/C(C1=NCCCCC1)=C(/C)O. The number of carbonyl (C=O) groups is 1. The van der Waals surface area contributed by atoms with E-state index in [2.05, 4.69) is 9.73 Å². The molecule has 1 aliphatic heterocycles. The average molecular weight is 211 g/mol. The van der Waals surface area contributed by atoms with Crippen LogP contribution in [0.25, 0.3) is 0 Å². The fourth-order valence-corrected chi connectivity index (χ4v) is 1.65. The van der Waals surface area contributed by atoms with Gasteiger partial charge >= 0.3 is 5.97 Å². The van der Waals surface area contributed by atoms with Gasteiger partial charge in [0.05, 0.1) is 12.8 Å². The van der Waals surface area contributed by atoms with Gasteiger partial charge in [-0.2, -0.15) is 0 Å². The van der Waals surface area contributed by atoms with E-state index >= 15 is 0 Å². The number of rotatable bonds is 2. The van der Waals surface area contributed by atoms with Crippen LogP contribution in [0.3, 0.4) is 0 Å². The standard InChI is InChI=1S/C11H17NO3/c1-8(13)10(11(14)15-2)9-6-4-3-5-7-12-9/h13H,3-7H2,1-2H3/b10-8-. The second-order valence-electron chi connectivity index (χ2n) is 3.59. The van der Waals surface area contributed by atoms with Gasteiger partial charge in [0.15, 0.2) is 0 Å². The highest BCUT2D eigenvalue weighted by molar-refractivity contribution is 6.20. The fourth-order valence-electron chi connectivity index (χ4n) is 1.65. The first-order valence-electron chi connectivity index (χ1n) is 5.18. The maximum Gasteiger partial charge on any atom is 0.343 e. The monoisotopic (exact) mass is 211 g/mol. The Morgan fingerprint density at radius 1 is 1.40 bits per heavy atom. The third-order valence-electron chi connectivity index (χ3n) is 2.41. The number of aliphatic hydroxyl groups excluding tert-OH is 1. The van der Waals surface area contributed by atoms with E-state index in [0.717, 1.165) is 32.2 Å². The summed E-state index contributed by atoms with van der Waals surface area (Å²) >= 11 is 0. The molecule has 1 rings (SSSR count). The number of nitrogens with zero attached hydrogens (tertiary/aromatic N) is 1. The molecule has 1 heterocycles. The zero-order chi connectivity index (χ0) is 11.3. The fraction of sp³-hybridized carbons (Fsp3) is 0.636. The van der Waals surface area contributed by atoms with Crippen molar-refractivity contribution in [2.75, 3.05) is 13.7 Å². The van der Waals surface area contributed by atoms with Crippen LogP contribution in [0.15, 0.2) is 16.3 Å². The summed E-state index contributed by atoms with van der Waals surface area (Å²) < 4.78 is 4.63. The molecular weight excluding hydrogens is 194 g/mol. The molecule has 0 amide bonds. The highest BCUT2D eigenvalue weighted by Gasteiger charge is 2.20. The number of esters is 1. The number of aliphatic hydroxyl groups is 1. The van der Waals surface area contributed by atoms with Crippen molar-refractivity contribution in [1.29, 1.82) is 0 Å². The molecule has 0 saturated heterocycles. The van der Waals surface area contributed by atoms with Crippen molar-refractivity contribution >= 4 is 11.7 Å². The summed E-state index contributed by atoms with van der Waals surface area (Å²) in [6.07, 6.45) is 3.91. The van der Waals surface area contributed by atoms with Crippen LogP contribution in [0.5, 0.6) is 0 Å². The van der Waals surface area contributed by atoms with E-state index in [1.807, 2.05) is 0 Å². The van der Waals surface area contributed by atoms with Crippen molar-refractivity contribution in [3.63, 3.8) is 0 Å². The number of methoxy groups -OCH3 is 1. The molecule has 0 atom stereocenters. The lowest BCUT2D eigenvalue weighted by atomic mass is 10.0. The largest absolute Gasteiger partial charge is 0.512 e. The number of hydrogen-bond acceptors (Lipinski definition) is 4. The predicted molar refractivity (Wildman–Crippen MR) is 58.1 cm³/mol. The molecule has 0 bridgehead atoms. The molecule has 0 unspecified atom stereocenters. The van der Waals surface area contributed by atoms with Crippen LogP contribution in [-0.2, 0) is 9.53 Å². The van der Waals surface area contributed by atoms with E-state index in [4.69, 9.17) is 0 Å². The lowest BCUT2D eigenvalue weighted by molar-refractivity contribution is -0.135. The van der Waals surface area contributed by atoms with Gasteiger partial charge in [-0.25, -0.2) is 4.79 Å². The Labute approximate surface area is 89.7 Å². The molecule has 0 aromatic heterocycles. The van der Waals surface area contributed by atoms with E-state index in [1.165, 1.54) is 14.0 Å². The van der Waals surface area contributed by atoms with Crippen LogP contribution >= 0.6 is 0 Å². The zero-order valence-corrected chi connectivity index (χ0v) is 9.25. The van der Waals surface area contributed by atoms with Crippen molar-refractivity contribution < 1.29 is 14.6 Å². The maximum atomic E-state index is 11.4. The second-order valence-corrected chi connectivity index (χ2v) is 3.59. The van der Waals surface area contributed by atoms with Crippen LogP contribution < -0.4 is 0 Å². The molecule has 1 N–H and O–H groups in total. The molecule has 0 radical (unpaired) electrons. The summed E-state index contributed by atoms with van der Waals surface area (Å²) in [4.78, 5) is 15.8. The zero-order valence-electron chi connectivity index (χ0n) is 9.25. The molecule has 84 valence electrons. The van der Waals surface area contributed by atoms with Gasteiger partial charge in [0.1, 0.15) is 11.3 Å². The summed E-state index contributed by atoms with van der Waals surface area (Å²) in [6, 6.07) is 0. The van der Waals surface area contributed by atoms with Crippen LogP contribution in [0.4, 0.5) is 0 Å². The molecule has 15 heavy (non-hydrogen) atoms. The van der Waals surface area contributed by atoms with E-state index in [1.54, 1.807) is 0 Å². The molecule has 0 fully saturated rings. The third kappa shape index (κ3) is 3.08. The first-order valence-corrected chi connectivity index (χ1v) is 5.18. The summed E-state index contributed by atoms with van der Waals surface area (Å²) in [7, 11) is 1.31. The van der Waals surface area contributed by atoms with Crippen LogP contribution in [0, 0.1) is 0 Å². The normalized spacial score (nSPS) is 18.7. The lowest BCUT2D eigenvalue weighted by Crippen LogP contribution is -2.16. The van der Waals surface area contributed by atoms with Gasteiger partial charge in [-0.15, -0.1) is 0 Å². The lowest BCUT2D eigenvalue weighted by Gasteiger charge is -2.08. The Balaban J connectivity index is 2.94. The molecule has 0 aromatic rings. The minimum atomic E-state index is -0.504. The predicted octanol–water partition coefficient (Wildman–Crippen LogP) is 2.01. The first kappa shape index (κ1) is 11.8. The average Bonchev–Trinajstić information content (AvgIpc) is 2.46. The summed E-state index contributed by atoms with van der Waals surface area (Å²) in [5, 5.41) is 9.46. The van der Waals surface area contributed by atoms with Gasteiger partial charge in [-0.1, -0.05) is 6.42 Å². The van der Waals surface area contributed by atoms with Crippen molar-refractivity contribution in [2.45, 2.75) is 32.6 Å². The Morgan fingerprint density at radius 2 is 2.13 bits per heavy atom. The topological polar surface area (TPSA) is 58.9 Å². The van der Waals surface area contributed by atoms with Crippen LogP contribution in [0.2, 0.25) is 0 Å². The molecule has 1 aliphatic rings. The molecule has 4 heteroatoms. The van der Waals surface area contributed by atoms with Gasteiger partial charge in [0.25, 0.3) is 0 Å². The van der Waals surface area contributed by atoms with Crippen LogP contribution in [-0.4, -0.2) is 30.4 Å². The third-order valence-corrected chi connectivity index (χ3v) is 2.41. The molecule has 0 saturated carbocycles. The quantitative estimate of drug-likeness (QED) is 0.432. The first-order chi connectivity index (χ1) is 7.16. The summed E-state index contributed by atoms with van der Waals surface area (Å²) in [6.45, 7) is 2.21. The Morgan fingerprint density at radius 3 is 2.73 bits per heavy atom. The van der Waals surface area contributed by atoms with E-state index < -0.39 is 5.97 Å². The molecule has 0 aliphatic carbocycles. The Bertz CT molecular complexity index is 301. The molecule has 0 aromatic carbocycles. The molecule has 0 spiro atoms. The smallest absolute Gasteiger partial charge is 0.343 e. The molecule has 4 nitrogen and oxygen atoms in total. The van der Waals surface area contributed by atoms with E-state index in [9.17, 15) is 9.90 Å². The van der Waals surface area contributed by atoms with Crippen LogP contribution in [0.1, 0.15) is 32.6 Å². The number of carbonyl (C=O) groups excluding carboxylic acids is 1. The number of ether oxygens (including phenoxy) is 1. The summed E-state index contributed by atoms with van der Waals surface area (Å²) in [5.41, 5.74) is 0.916. The maximum absolute atomic E-state index is 11.4. The number of hydrogen-bond donors (Lipinski definition) is 1. The Kier molecular flexibility index (Phi) is 4.34. The number of aliphatic imine (C=N–C) groups is 1. The highest BCUT2D eigenvalue weighted by atomic mass is 16.5. The minimum absolute atomic E-state index is 0.0116. The second kappa shape index (κ2) is 5.53. The summed E-state index contributed by atoms with van der Waals surface area (Å²) in [5.74, 6) is -0.516. The van der Waals surface area contributed by atoms with Crippen molar-refractivity contribution in [3.8, 4) is 0 Å². The van der Waals surface area contributed by atoms with Crippen molar-refractivity contribution in [3.05, 3.63) is 11.3 Å². The van der Waals surface area contributed by atoms with Gasteiger partial charge in [0, 0.05) is 6.54 Å². The van der Waals surface area contributed by atoms with Crippen molar-refractivity contribution in [2.24, 2.45) is 4.99 Å². The highest BCUT2D eigenvalue weighted by Crippen LogP contribution is 2.16. The minimum Gasteiger partial charge on any atom is -0.512 e. The van der Waals surface area contributed by atoms with Gasteiger partial charge < -0.3 is 9.84 Å². The van der Waals surface area contributed by atoms with Gasteiger partial charge in [-0.3, -0.25) is 4.99 Å². The van der Waals surface area contributed by atoms with Gasteiger partial charge in [0.2, 0.25) is 0 Å². The number of allylic oxidation sites excluding steroid dienone is 1. The van der Waals surface area contributed by atoms with E-state index in [0.29, 0.717) is 5.71 Å².